The second kappa shape index (κ2) is 6.57. The Morgan fingerprint density at radius 2 is 1.79 bits per heavy atom. The number of primary sulfonamides is 1. The Morgan fingerprint density at radius 3 is 2.48 bits per heavy atom. The predicted octanol–water partition coefficient (Wildman–Crippen LogP) is 3.25. The van der Waals surface area contributed by atoms with Gasteiger partial charge in [0.05, 0.1) is 11.5 Å². The molecule has 7 heteroatoms. The Balaban J connectivity index is 1.64. The zero-order valence-corrected chi connectivity index (χ0v) is 17.9. The van der Waals surface area contributed by atoms with Crippen LogP contribution < -0.4 is 15.2 Å². The minimum atomic E-state index is -3.85. The molecule has 2 atom stereocenters. The molecular formula is C22H26N2O4S. The summed E-state index contributed by atoms with van der Waals surface area (Å²) < 4.78 is 29.4. The van der Waals surface area contributed by atoms with Crippen LogP contribution in [0.5, 0.6) is 5.75 Å². The molecule has 1 aliphatic heterocycles. The fourth-order valence-electron chi connectivity index (χ4n) is 4.34. The lowest BCUT2D eigenvalue weighted by Crippen LogP contribution is -2.27. The number of anilines is 1. The first-order valence-electron chi connectivity index (χ1n) is 9.72. The molecule has 1 aliphatic carbocycles. The van der Waals surface area contributed by atoms with Gasteiger partial charge in [0.25, 0.3) is 0 Å². The Labute approximate surface area is 171 Å². The van der Waals surface area contributed by atoms with Crippen LogP contribution in [0.4, 0.5) is 5.69 Å². The van der Waals surface area contributed by atoms with Crippen LogP contribution in [0.25, 0.3) is 0 Å². The van der Waals surface area contributed by atoms with Crippen molar-refractivity contribution in [2.45, 2.75) is 50.8 Å². The number of benzene rings is 2. The summed E-state index contributed by atoms with van der Waals surface area (Å²) >= 11 is 0. The number of rotatable bonds is 3. The van der Waals surface area contributed by atoms with Gasteiger partial charge in [-0.3, -0.25) is 4.79 Å². The molecule has 6 nitrogen and oxygen atoms in total. The second-order valence-electron chi connectivity index (χ2n) is 8.39. The molecule has 2 aromatic rings. The van der Waals surface area contributed by atoms with Crippen LogP contribution in [-0.2, 0) is 20.2 Å². The summed E-state index contributed by atoms with van der Waals surface area (Å²) in [5.41, 5.74) is 5.36. The minimum absolute atomic E-state index is 0.00363. The van der Waals surface area contributed by atoms with Crippen molar-refractivity contribution in [3.63, 3.8) is 0 Å². The molecule has 0 bridgehead atoms. The van der Waals surface area contributed by atoms with Crippen LogP contribution in [0.3, 0.4) is 0 Å². The number of aryl methyl sites for hydroxylation is 3. The summed E-state index contributed by atoms with van der Waals surface area (Å²) in [5, 5.41) is 8.24. The van der Waals surface area contributed by atoms with E-state index in [0.29, 0.717) is 12.3 Å². The van der Waals surface area contributed by atoms with Crippen molar-refractivity contribution in [3.05, 3.63) is 52.1 Å². The average Bonchev–Trinajstić information content (AvgIpc) is 3.35. The highest BCUT2D eigenvalue weighted by molar-refractivity contribution is 7.89. The predicted molar refractivity (Wildman–Crippen MR) is 112 cm³/mol. The third-order valence-electron chi connectivity index (χ3n) is 6.56. The maximum atomic E-state index is 13.1. The monoisotopic (exact) mass is 414 g/mol. The van der Waals surface area contributed by atoms with E-state index in [2.05, 4.69) is 31.3 Å². The lowest BCUT2D eigenvalue weighted by atomic mass is 9.85. The molecule has 154 valence electrons. The van der Waals surface area contributed by atoms with Crippen LogP contribution in [-0.4, -0.2) is 20.9 Å². The zero-order valence-electron chi connectivity index (χ0n) is 17.1. The highest BCUT2D eigenvalue weighted by Gasteiger charge is 2.61. The van der Waals surface area contributed by atoms with Gasteiger partial charge in [-0.05, 0) is 81.0 Å². The van der Waals surface area contributed by atoms with Gasteiger partial charge in [0.1, 0.15) is 5.75 Å². The minimum Gasteiger partial charge on any atom is -0.493 e. The van der Waals surface area contributed by atoms with Crippen molar-refractivity contribution < 1.29 is 17.9 Å². The Hall–Kier alpha value is -2.38. The van der Waals surface area contributed by atoms with Crippen LogP contribution in [0.15, 0.2) is 29.2 Å². The molecule has 1 spiro atoms. The molecule has 0 unspecified atom stereocenters. The van der Waals surface area contributed by atoms with Gasteiger partial charge in [-0.1, -0.05) is 6.07 Å². The summed E-state index contributed by atoms with van der Waals surface area (Å²) in [6.07, 6.45) is 1.57. The number of ether oxygens (including phenoxy) is 1. The number of amides is 1. The van der Waals surface area contributed by atoms with E-state index in [9.17, 15) is 13.2 Å². The first-order chi connectivity index (χ1) is 13.5. The molecule has 4 rings (SSSR count). The number of hydrogen-bond acceptors (Lipinski definition) is 4. The first kappa shape index (κ1) is 19.9. The number of carbonyl (C=O) groups is 1. The van der Waals surface area contributed by atoms with Crippen LogP contribution in [0.1, 0.15) is 40.7 Å². The van der Waals surface area contributed by atoms with Gasteiger partial charge in [-0.2, -0.15) is 0 Å². The Kier molecular flexibility index (Phi) is 4.51. The second-order valence-corrected chi connectivity index (χ2v) is 9.95. The SMILES string of the molecule is Cc1cc2c(cc1C)[C@]1(CCO2)C[C@H]1C(=O)Nc1cc(S(N)(=O)=O)cc(C)c1C. The summed E-state index contributed by atoms with van der Waals surface area (Å²) in [7, 11) is -3.85. The van der Waals surface area contributed by atoms with E-state index in [-0.39, 0.29) is 22.1 Å². The van der Waals surface area contributed by atoms with Crippen molar-refractivity contribution >= 4 is 21.6 Å². The molecule has 1 saturated carbocycles. The van der Waals surface area contributed by atoms with Crippen LogP contribution in [0, 0.1) is 33.6 Å². The lowest BCUT2D eigenvalue weighted by molar-refractivity contribution is -0.117. The van der Waals surface area contributed by atoms with E-state index in [1.807, 2.05) is 6.92 Å². The van der Waals surface area contributed by atoms with Crippen molar-refractivity contribution in [3.8, 4) is 5.75 Å². The van der Waals surface area contributed by atoms with Crippen molar-refractivity contribution in [1.29, 1.82) is 0 Å². The van der Waals surface area contributed by atoms with E-state index >= 15 is 0 Å². The third-order valence-corrected chi connectivity index (χ3v) is 7.45. The van der Waals surface area contributed by atoms with E-state index in [4.69, 9.17) is 9.88 Å². The van der Waals surface area contributed by atoms with Gasteiger partial charge >= 0.3 is 0 Å². The average molecular weight is 415 g/mol. The quantitative estimate of drug-likeness (QED) is 0.805. The molecule has 1 fully saturated rings. The van der Waals surface area contributed by atoms with E-state index in [0.717, 1.165) is 35.3 Å². The first-order valence-corrected chi connectivity index (χ1v) is 11.3. The normalized spacial score (nSPS) is 22.7. The summed E-state index contributed by atoms with van der Waals surface area (Å²) in [4.78, 5) is 13.1. The lowest BCUT2D eigenvalue weighted by Gasteiger charge is -2.28. The number of hydrogen-bond donors (Lipinski definition) is 2. The number of nitrogens with two attached hydrogens (primary N) is 1. The maximum absolute atomic E-state index is 13.1. The Morgan fingerprint density at radius 1 is 1.10 bits per heavy atom. The van der Waals surface area contributed by atoms with E-state index < -0.39 is 10.0 Å². The standard InChI is InChI=1S/C22H26N2O4S/c1-12-8-17-20(9-13(12)2)28-6-5-22(17)11-18(22)21(25)24-19-10-16(29(23,26)27)7-14(3)15(19)4/h7-10,18H,5-6,11H2,1-4H3,(H,24,25)(H2,23,26,27)/t18-,22-/m0/s1. The molecule has 2 aromatic carbocycles. The molecule has 1 amide bonds. The van der Waals surface area contributed by atoms with Crippen molar-refractivity contribution in [2.75, 3.05) is 11.9 Å². The smallest absolute Gasteiger partial charge is 0.238 e. The number of fused-ring (bicyclic) bond motifs is 2. The fourth-order valence-corrected chi connectivity index (χ4v) is 4.96. The fraction of sp³-hybridized carbons (Fsp3) is 0.409. The molecule has 2 aliphatic rings. The highest BCUT2D eigenvalue weighted by Crippen LogP contribution is 2.61. The third kappa shape index (κ3) is 3.32. The topological polar surface area (TPSA) is 98.5 Å². The molecule has 0 aromatic heterocycles. The highest BCUT2D eigenvalue weighted by atomic mass is 32.2. The van der Waals surface area contributed by atoms with Crippen molar-refractivity contribution in [1.82, 2.24) is 0 Å². The summed E-state index contributed by atoms with van der Waals surface area (Å²) in [5.74, 6) is 0.619. The largest absolute Gasteiger partial charge is 0.493 e. The van der Waals surface area contributed by atoms with Gasteiger partial charge in [-0.15, -0.1) is 0 Å². The van der Waals surface area contributed by atoms with Gasteiger partial charge in [0, 0.05) is 22.6 Å². The maximum Gasteiger partial charge on any atom is 0.238 e. The molecule has 0 radical (unpaired) electrons. The summed E-state index contributed by atoms with van der Waals surface area (Å²) in [6, 6.07) is 7.17. The molecule has 0 saturated heterocycles. The zero-order chi connectivity index (χ0) is 21.1. The number of nitrogens with one attached hydrogen (secondary N) is 1. The molecule has 29 heavy (non-hydrogen) atoms. The van der Waals surface area contributed by atoms with Gasteiger partial charge in [0.2, 0.25) is 15.9 Å². The molecule has 1 heterocycles. The van der Waals surface area contributed by atoms with Crippen LogP contribution in [0.2, 0.25) is 0 Å². The van der Waals surface area contributed by atoms with Crippen LogP contribution >= 0.6 is 0 Å². The van der Waals surface area contributed by atoms with Crippen molar-refractivity contribution in [2.24, 2.45) is 11.1 Å². The van der Waals surface area contributed by atoms with E-state index in [1.165, 1.54) is 23.3 Å². The van der Waals surface area contributed by atoms with Gasteiger partial charge in [0.15, 0.2) is 0 Å². The number of carbonyl (C=O) groups excluding carboxylic acids is 1. The van der Waals surface area contributed by atoms with Gasteiger partial charge < -0.3 is 10.1 Å². The Bertz CT molecular complexity index is 1140. The number of sulfonamides is 1. The molecular weight excluding hydrogens is 388 g/mol. The van der Waals surface area contributed by atoms with E-state index in [1.54, 1.807) is 6.92 Å². The summed E-state index contributed by atoms with van der Waals surface area (Å²) in [6.45, 7) is 8.38. The molecule has 3 N–H and O–H groups in total. The van der Waals surface area contributed by atoms with Gasteiger partial charge in [-0.25, -0.2) is 13.6 Å².